The number of nitrogens with one attached hydrogen (secondary N) is 1. The van der Waals surface area contributed by atoms with E-state index < -0.39 is 0 Å². The highest BCUT2D eigenvalue weighted by atomic mass is 35.5. The third kappa shape index (κ3) is 3.54. The number of hydrogen-bond donors (Lipinski definition) is 1. The van der Waals surface area contributed by atoms with Crippen molar-refractivity contribution in [3.63, 3.8) is 0 Å². The Balaban J connectivity index is 2.05. The van der Waals surface area contributed by atoms with E-state index in [1.54, 1.807) is 0 Å². The summed E-state index contributed by atoms with van der Waals surface area (Å²) in [5.74, 6) is 0. The van der Waals surface area contributed by atoms with Crippen LogP contribution in [0.5, 0.6) is 0 Å². The monoisotopic (exact) mass is 262 g/mol. The zero-order chi connectivity index (χ0) is 13.0. The highest BCUT2D eigenvalue weighted by molar-refractivity contribution is 6.30. The lowest BCUT2D eigenvalue weighted by Gasteiger charge is -2.22. The van der Waals surface area contributed by atoms with Gasteiger partial charge < -0.3 is 10.2 Å². The van der Waals surface area contributed by atoms with Crippen molar-refractivity contribution in [1.82, 2.24) is 5.32 Å². The predicted molar refractivity (Wildman–Crippen MR) is 78.9 cm³/mol. The zero-order valence-electron chi connectivity index (χ0n) is 10.9. The van der Waals surface area contributed by atoms with Crippen LogP contribution in [0.2, 0.25) is 5.02 Å². The Morgan fingerprint density at radius 1 is 1.28 bits per heavy atom. The number of likely N-dealkylation sites (N-methyl/N-ethyl adjacent to an activating group) is 1. The van der Waals surface area contributed by atoms with Crippen molar-refractivity contribution in [2.24, 2.45) is 0 Å². The average molecular weight is 263 g/mol. The van der Waals surface area contributed by atoms with Gasteiger partial charge in [0, 0.05) is 29.2 Å². The van der Waals surface area contributed by atoms with Gasteiger partial charge in [0.05, 0.1) is 6.54 Å². The molecule has 3 heteroatoms. The van der Waals surface area contributed by atoms with Gasteiger partial charge >= 0.3 is 0 Å². The van der Waals surface area contributed by atoms with Crippen LogP contribution in [0.4, 0.5) is 5.69 Å². The van der Waals surface area contributed by atoms with E-state index in [1.165, 1.54) is 11.4 Å². The summed E-state index contributed by atoms with van der Waals surface area (Å²) in [5, 5.41) is 4.22. The Kier molecular flexibility index (Phi) is 4.32. The first-order valence-corrected chi connectivity index (χ1v) is 6.62. The Hall–Kier alpha value is -1.41. The molecule has 1 aromatic rings. The fraction of sp³-hybridized carbons (Fsp3) is 0.333. The zero-order valence-corrected chi connectivity index (χ0v) is 11.7. The summed E-state index contributed by atoms with van der Waals surface area (Å²) >= 11 is 6.01. The van der Waals surface area contributed by atoms with Gasteiger partial charge in [0.25, 0.3) is 0 Å². The lowest BCUT2D eigenvalue weighted by Crippen LogP contribution is -2.26. The quantitative estimate of drug-likeness (QED) is 0.887. The summed E-state index contributed by atoms with van der Waals surface area (Å²) in [4.78, 5) is 2.20. The fourth-order valence-electron chi connectivity index (χ4n) is 2.08. The van der Waals surface area contributed by atoms with Crippen LogP contribution < -0.4 is 10.2 Å². The molecule has 2 rings (SSSR count). The SMILES string of the molecule is CC1=CCCC=C(CN(C)c2cccc(Cl)c2)N1. The molecule has 2 nitrogen and oxygen atoms in total. The number of benzene rings is 1. The summed E-state index contributed by atoms with van der Waals surface area (Å²) in [7, 11) is 2.08. The summed E-state index contributed by atoms with van der Waals surface area (Å²) in [6.45, 7) is 2.98. The van der Waals surface area contributed by atoms with Crippen LogP contribution in [0.15, 0.2) is 47.8 Å². The van der Waals surface area contributed by atoms with Gasteiger partial charge in [0.2, 0.25) is 0 Å². The van der Waals surface area contributed by atoms with Crippen molar-refractivity contribution in [3.05, 3.63) is 52.8 Å². The van der Waals surface area contributed by atoms with E-state index in [0.717, 1.165) is 30.1 Å². The number of hydrogen-bond acceptors (Lipinski definition) is 2. The normalized spacial score (nSPS) is 15.3. The van der Waals surface area contributed by atoms with E-state index in [0.29, 0.717) is 0 Å². The molecular formula is C15H19ClN2. The first-order valence-electron chi connectivity index (χ1n) is 6.24. The molecule has 0 unspecified atom stereocenters. The molecule has 1 aliphatic rings. The molecule has 96 valence electrons. The second kappa shape index (κ2) is 5.96. The van der Waals surface area contributed by atoms with E-state index in [1.807, 2.05) is 18.2 Å². The Morgan fingerprint density at radius 3 is 2.83 bits per heavy atom. The number of halogens is 1. The van der Waals surface area contributed by atoms with Crippen LogP contribution >= 0.6 is 11.6 Å². The summed E-state index contributed by atoms with van der Waals surface area (Å²) in [6.07, 6.45) is 6.73. The number of nitrogens with zero attached hydrogens (tertiary/aromatic N) is 1. The molecule has 1 heterocycles. The fourth-order valence-corrected chi connectivity index (χ4v) is 2.26. The lowest BCUT2D eigenvalue weighted by molar-refractivity contribution is 0.869. The van der Waals surface area contributed by atoms with Gasteiger partial charge in [-0.05, 0) is 38.0 Å². The van der Waals surface area contributed by atoms with Crippen molar-refractivity contribution in [3.8, 4) is 0 Å². The van der Waals surface area contributed by atoms with E-state index in [2.05, 4.69) is 42.4 Å². The van der Waals surface area contributed by atoms with Crippen LogP contribution in [0.3, 0.4) is 0 Å². The highest BCUT2D eigenvalue weighted by Gasteiger charge is 2.06. The summed E-state index contributed by atoms with van der Waals surface area (Å²) in [6, 6.07) is 7.94. The van der Waals surface area contributed by atoms with Gasteiger partial charge in [0.15, 0.2) is 0 Å². The average Bonchev–Trinajstić information content (AvgIpc) is 2.53. The number of rotatable bonds is 3. The van der Waals surface area contributed by atoms with Gasteiger partial charge in [-0.3, -0.25) is 0 Å². The van der Waals surface area contributed by atoms with Gasteiger partial charge in [-0.15, -0.1) is 0 Å². The van der Waals surface area contributed by atoms with E-state index >= 15 is 0 Å². The predicted octanol–water partition coefficient (Wildman–Crippen LogP) is 3.95. The second-order valence-corrected chi connectivity index (χ2v) is 5.09. The topological polar surface area (TPSA) is 15.3 Å². The maximum Gasteiger partial charge on any atom is 0.0573 e. The van der Waals surface area contributed by atoms with Gasteiger partial charge in [0.1, 0.15) is 0 Å². The maximum atomic E-state index is 6.01. The molecule has 0 atom stereocenters. The summed E-state index contributed by atoms with van der Waals surface area (Å²) < 4.78 is 0. The largest absolute Gasteiger partial charge is 0.369 e. The molecule has 0 saturated heterocycles. The standard InChI is InChI=1S/C15H19ClN2/c1-12-6-3-4-8-14(17-12)11-18(2)15-9-5-7-13(16)10-15/h5-10,17H,3-4,11H2,1-2H3. The van der Waals surface area contributed by atoms with Crippen LogP contribution in [0, 0.1) is 0 Å². The second-order valence-electron chi connectivity index (χ2n) is 4.65. The Bertz CT molecular complexity index is 477. The molecule has 0 aromatic heterocycles. The van der Waals surface area contributed by atoms with Crippen LogP contribution in [-0.4, -0.2) is 13.6 Å². The molecule has 0 aliphatic carbocycles. The smallest absolute Gasteiger partial charge is 0.0573 e. The molecule has 0 spiro atoms. The van der Waals surface area contributed by atoms with Crippen molar-refractivity contribution >= 4 is 17.3 Å². The van der Waals surface area contributed by atoms with Crippen LogP contribution in [0.25, 0.3) is 0 Å². The van der Waals surface area contributed by atoms with Crippen LogP contribution in [0.1, 0.15) is 19.8 Å². The lowest BCUT2D eigenvalue weighted by atomic mass is 10.2. The van der Waals surface area contributed by atoms with Crippen molar-refractivity contribution in [2.45, 2.75) is 19.8 Å². The molecule has 1 aliphatic heterocycles. The van der Waals surface area contributed by atoms with E-state index in [4.69, 9.17) is 11.6 Å². The molecule has 0 fully saturated rings. The molecule has 1 N–H and O–H groups in total. The molecule has 18 heavy (non-hydrogen) atoms. The highest BCUT2D eigenvalue weighted by Crippen LogP contribution is 2.19. The summed E-state index contributed by atoms with van der Waals surface area (Å²) in [5.41, 5.74) is 3.62. The maximum absolute atomic E-state index is 6.01. The first kappa shape index (κ1) is 13.0. The third-order valence-corrected chi connectivity index (χ3v) is 3.26. The number of allylic oxidation sites excluding steroid dienone is 3. The van der Waals surface area contributed by atoms with Crippen LogP contribution in [-0.2, 0) is 0 Å². The van der Waals surface area contributed by atoms with E-state index in [9.17, 15) is 0 Å². The minimum absolute atomic E-state index is 0.776. The van der Waals surface area contributed by atoms with Crippen molar-refractivity contribution in [1.29, 1.82) is 0 Å². The number of anilines is 1. The van der Waals surface area contributed by atoms with Crippen molar-refractivity contribution in [2.75, 3.05) is 18.5 Å². The molecule has 1 aromatic carbocycles. The first-order chi connectivity index (χ1) is 8.65. The molecule has 0 saturated carbocycles. The van der Waals surface area contributed by atoms with Gasteiger partial charge in [-0.25, -0.2) is 0 Å². The third-order valence-electron chi connectivity index (χ3n) is 3.02. The minimum Gasteiger partial charge on any atom is -0.369 e. The van der Waals surface area contributed by atoms with Gasteiger partial charge in [-0.1, -0.05) is 29.8 Å². The van der Waals surface area contributed by atoms with Crippen molar-refractivity contribution < 1.29 is 0 Å². The minimum atomic E-state index is 0.776. The Labute approximate surface area is 114 Å². The molecule has 0 radical (unpaired) electrons. The molecule has 0 amide bonds. The van der Waals surface area contributed by atoms with E-state index in [-0.39, 0.29) is 0 Å². The molecule has 0 bridgehead atoms. The van der Waals surface area contributed by atoms with Gasteiger partial charge in [-0.2, -0.15) is 0 Å². The Morgan fingerprint density at radius 2 is 2.06 bits per heavy atom. The molecular weight excluding hydrogens is 244 g/mol.